The van der Waals surface area contributed by atoms with Crippen molar-refractivity contribution in [2.75, 3.05) is 6.54 Å². The van der Waals surface area contributed by atoms with E-state index in [-0.39, 0.29) is 11.2 Å². The van der Waals surface area contributed by atoms with Crippen LogP contribution < -0.4 is 11.1 Å². The van der Waals surface area contributed by atoms with Gasteiger partial charge in [0.15, 0.2) is 0 Å². The van der Waals surface area contributed by atoms with Gasteiger partial charge in [0, 0.05) is 24.2 Å². The second-order valence-electron chi connectivity index (χ2n) is 5.33. The van der Waals surface area contributed by atoms with Crippen LogP contribution in [0.15, 0.2) is 18.2 Å². The fraction of sp³-hybridized carbons (Fsp3) is 0.462. The molecule has 4 heteroatoms. The summed E-state index contributed by atoms with van der Waals surface area (Å²) in [4.78, 5) is 11.0. The van der Waals surface area contributed by atoms with Crippen LogP contribution in [0.25, 0.3) is 0 Å². The summed E-state index contributed by atoms with van der Waals surface area (Å²) in [5, 5.41) is 3.16. The molecule has 94 valence electrons. The Labute approximate surface area is 101 Å². The first-order valence-corrected chi connectivity index (χ1v) is 5.58. The molecule has 17 heavy (non-hydrogen) atoms. The molecule has 1 rings (SSSR count). The Kier molecular flexibility index (Phi) is 4.23. The van der Waals surface area contributed by atoms with Crippen molar-refractivity contribution < 1.29 is 9.18 Å². The van der Waals surface area contributed by atoms with Crippen LogP contribution in [0.2, 0.25) is 0 Å². The minimum absolute atomic E-state index is 0.137. The normalized spacial score (nSPS) is 11.5. The van der Waals surface area contributed by atoms with Crippen molar-refractivity contribution in [3.8, 4) is 0 Å². The highest BCUT2D eigenvalue weighted by molar-refractivity contribution is 5.92. The lowest BCUT2D eigenvalue weighted by molar-refractivity contribution is 0.1000. The molecule has 1 aromatic carbocycles. The van der Waals surface area contributed by atoms with Crippen molar-refractivity contribution in [2.45, 2.75) is 27.3 Å². The SMILES string of the molecule is CC(C)(C)CNCc1cc(C(N)=O)ccc1F. The van der Waals surface area contributed by atoms with Gasteiger partial charge in [0.25, 0.3) is 0 Å². The Morgan fingerprint density at radius 2 is 2.06 bits per heavy atom. The topological polar surface area (TPSA) is 55.1 Å². The van der Waals surface area contributed by atoms with Crippen molar-refractivity contribution in [1.29, 1.82) is 0 Å². The number of amides is 1. The van der Waals surface area contributed by atoms with Crippen molar-refractivity contribution >= 4 is 5.91 Å². The van der Waals surface area contributed by atoms with E-state index in [9.17, 15) is 9.18 Å². The number of carbonyl (C=O) groups excluding carboxylic acids is 1. The molecule has 0 aliphatic carbocycles. The molecule has 0 aliphatic heterocycles. The fourth-order valence-electron chi connectivity index (χ4n) is 1.44. The highest BCUT2D eigenvalue weighted by Crippen LogP contribution is 2.13. The quantitative estimate of drug-likeness (QED) is 0.843. The van der Waals surface area contributed by atoms with Gasteiger partial charge in [-0.05, 0) is 23.6 Å². The number of nitrogens with one attached hydrogen (secondary N) is 1. The lowest BCUT2D eigenvalue weighted by Gasteiger charge is -2.19. The van der Waals surface area contributed by atoms with E-state index in [0.29, 0.717) is 17.7 Å². The predicted molar refractivity (Wildman–Crippen MR) is 66.1 cm³/mol. The summed E-state index contributed by atoms with van der Waals surface area (Å²) in [6.07, 6.45) is 0. The number of rotatable bonds is 4. The smallest absolute Gasteiger partial charge is 0.248 e. The monoisotopic (exact) mass is 238 g/mol. The van der Waals surface area contributed by atoms with Crippen LogP contribution in [0.4, 0.5) is 4.39 Å². The average Bonchev–Trinajstić information content (AvgIpc) is 2.18. The van der Waals surface area contributed by atoms with Crippen molar-refractivity contribution in [2.24, 2.45) is 11.1 Å². The number of hydrogen-bond acceptors (Lipinski definition) is 2. The molecule has 0 heterocycles. The molecule has 0 atom stereocenters. The van der Waals surface area contributed by atoms with Crippen LogP contribution in [-0.2, 0) is 6.54 Å². The zero-order valence-electron chi connectivity index (χ0n) is 10.5. The van der Waals surface area contributed by atoms with E-state index >= 15 is 0 Å². The van der Waals surface area contributed by atoms with E-state index in [0.717, 1.165) is 6.54 Å². The van der Waals surface area contributed by atoms with Gasteiger partial charge in [-0.15, -0.1) is 0 Å². The van der Waals surface area contributed by atoms with Gasteiger partial charge in [0.05, 0.1) is 0 Å². The molecule has 1 amide bonds. The van der Waals surface area contributed by atoms with E-state index < -0.39 is 5.91 Å². The first kappa shape index (κ1) is 13.6. The maximum atomic E-state index is 13.5. The molecule has 0 spiro atoms. The summed E-state index contributed by atoms with van der Waals surface area (Å²) in [7, 11) is 0. The molecular formula is C13H19FN2O. The largest absolute Gasteiger partial charge is 0.366 e. The minimum atomic E-state index is -0.540. The third kappa shape index (κ3) is 4.53. The fourth-order valence-corrected chi connectivity index (χ4v) is 1.44. The third-order valence-corrected chi connectivity index (χ3v) is 2.30. The number of carbonyl (C=O) groups is 1. The Balaban J connectivity index is 2.70. The van der Waals surface area contributed by atoms with E-state index in [1.165, 1.54) is 18.2 Å². The zero-order valence-corrected chi connectivity index (χ0v) is 10.5. The van der Waals surface area contributed by atoms with Gasteiger partial charge >= 0.3 is 0 Å². The molecule has 0 radical (unpaired) electrons. The van der Waals surface area contributed by atoms with E-state index in [2.05, 4.69) is 26.1 Å². The second-order valence-corrected chi connectivity index (χ2v) is 5.33. The lowest BCUT2D eigenvalue weighted by atomic mass is 9.97. The van der Waals surface area contributed by atoms with Gasteiger partial charge in [-0.25, -0.2) is 4.39 Å². The molecule has 0 aliphatic rings. The zero-order chi connectivity index (χ0) is 13.1. The second kappa shape index (κ2) is 5.27. The molecule has 0 saturated heterocycles. The van der Waals surface area contributed by atoms with Gasteiger partial charge in [-0.3, -0.25) is 4.79 Å². The molecule has 0 aromatic heterocycles. The molecule has 3 N–H and O–H groups in total. The number of nitrogens with two attached hydrogens (primary N) is 1. The van der Waals surface area contributed by atoms with Crippen molar-refractivity contribution in [3.63, 3.8) is 0 Å². The molecule has 0 bridgehead atoms. The maximum Gasteiger partial charge on any atom is 0.248 e. The van der Waals surface area contributed by atoms with Crippen LogP contribution in [0.5, 0.6) is 0 Å². The average molecular weight is 238 g/mol. The summed E-state index contributed by atoms with van der Waals surface area (Å²) >= 11 is 0. The van der Waals surface area contributed by atoms with Crippen LogP contribution in [0.1, 0.15) is 36.7 Å². The Morgan fingerprint density at radius 1 is 1.41 bits per heavy atom. The third-order valence-electron chi connectivity index (χ3n) is 2.30. The first-order valence-electron chi connectivity index (χ1n) is 5.58. The van der Waals surface area contributed by atoms with Crippen LogP contribution in [-0.4, -0.2) is 12.5 Å². The molecule has 0 fully saturated rings. The summed E-state index contributed by atoms with van der Waals surface area (Å²) in [5.41, 5.74) is 6.08. The van der Waals surface area contributed by atoms with Crippen LogP contribution >= 0.6 is 0 Å². The van der Waals surface area contributed by atoms with Crippen molar-refractivity contribution in [3.05, 3.63) is 35.1 Å². The molecule has 0 saturated carbocycles. The highest BCUT2D eigenvalue weighted by atomic mass is 19.1. The van der Waals surface area contributed by atoms with Gasteiger partial charge in [0.1, 0.15) is 5.82 Å². The summed E-state index contributed by atoms with van der Waals surface area (Å²) < 4.78 is 13.5. The van der Waals surface area contributed by atoms with Gasteiger partial charge in [-0.2, -0.15) is 0 Å². The summed E-state index contributed by atoms with van der Waals surface area (Å²) in [6.45, 7) is 7.44. The van der Waals surface area contributed by atoms with E-state index in [1.54, 1.807) is 0 Å². The first-order chi connectivity index (χ1) is 7.79. The van der Waals surface area contributed by atoms with Crippen molar-refractivity contribution in [1.82, 2.24) is 5.32 Å². The highest BCUT2D eigenvalue weighted by Gasteiger charge is 2.11. The standard InChI is InChI=1S/C13H19FN2O/c1-13(2,3)8-16-7-10-6-9(12(15)17)4-5-11(10)14/h4-6,16H,7-8H2,1-3H3,(H2,15,17). The minimum Gasteiger partial charge on any atom is -0.366 e. The molecular weight excluding hydrogens is 219 g/mol. The van der Waals surface area contributed by atoms with E-state index in [4.69, 9.17) is 5.73 Å². The summed E-state index contributed by atoms with van der Waals surface area (Å²) in [5.74, 6) is -0.863. The maximum absolute atomic E-state index is 13.5. The number of halogens is 1. The molecule has 0 unspecified atom stereocenters. The summed E-state index contributed by atoms with van der Waals surface area (Å²) in [6, 6.07) is 4.16. The Bertz CT molecular complexity index is 410. The van der Waals surface area contributed by atoms with Gasteiger partial charge in [-0.1, -0.05) is 20.8 Å². The molecule has 3 nitrogen and oxygen atoms in total. The Hall–Kier alpha value is -1.42. The number of benzene rings is 1. The number of primary amides is 1. The van der Waals surface area contributed by atoms with Crippen LogP contribution in [0.3, 0.4) is 0 Å². The predicted octanol–water partition coefficient (Wildman–Crippen LogP) is 2.06. The van der Waals surface area contributed by atoms with Crippen LogP contribution in [0, 0.1) is 11.2 Å². The van der Waals surface area contributed by atoms with Gasteiger partial charge < -0.3 is 11.1 Å². The number of hydrogen-bond donors (Lipinski definition) is 2. The molecule has 1 aromatic rings. The lowest BCUT2D eigenvalue weighted by Crippen LogP contribution is -2.27. The van der Waals surface area contributed by atoms with E-state index in [1.807, 2.05) is 0 Å². The van der Waals surface area contributed by atoms with Gasteiger partial charge in [0.2, 0.25) is 5.91 Å². The Morgan fingerprint density at radius 3 is 2.59 bits per heavy atom.